The van der Waals surface area contributed by atoms with Gasteiger partial charge >= 0.3 is 0 Å². The van der Waals surface area contributed by atoms with Crippen molar-refractivity contribution in [3.63, 3.8) is 0 Å². The van der Waals surface area contributed by atoms with Crippen molar-refractivity contribution in [2.45, 2.75) is 43.5 Å². The fourth-order valence-corrected chi connectivity index (χ4v) is 3.97. The topological polar surface area (TPSA) is 115 Å². The molecule has 5 unspecified atom stereocenters. The van der Waals surface area contributed by atoms with Crippen molar-refractivity contribution < 1.29 is 19.2 Å². The second kappa shape index (κ2) is 7.08. The third-order valence-corrected chi connectivity index (χ3v) is 5.38. The first-order valence-electron chi connectivity index (χ1n) is 8.92. The smallest absolute Gasteiger partial charge is 0.238 e. The molecular formula is C17H22N4O5. The Bertz CT molecular complexity index is 699. The molecule has 3 N–H and O–H groups in total. The number of amides is 1. The summed E-state index contributed by atoms with van der Waals surface area (Å²) < 4.78 is 11.5. The number of carbonyl (C=O) groups is 1. The number of nitrogens with one attached hydrogen (secondary N) is 3. The van der Waals surface area contributed by atoms with Crippen LogP contribution in [0.5, 0.6) is 11.5 Å². The van der Waals surface area contributed by atoms with E-state index < -0.39 is 12.1 Å². The van der Waals surface area contributed by atoms with Crippen LogP contribution in [0.3, 0.4) is 0 Å². The zero-order valence-corrected chi connectivity index (χ0v) is 14.2. The number of hydrogen-bond acceptors (Lipinski definition) is 7. The average Bonchev–Trinajstić information content (AvgIpc) is 3.09. The summed E-state index contributed by atoms with van der Waals surface area (Å²) in [5.74, 6) is 1.12. The molecule has 0 aromatic heterocycles. The lowest BCUT2D eigenvalue weighted by Crippen LogP contribution is -2.50. The lowest BCUT2D eigenvalue weighted by Gasteiger charge is -2.29. The van der Waals surface area contributed by atoms with Gasteiger partial charge in [-0.05, 0) is 18.6 Å². The van der Waals surface area contributed by atoms with Crippen molar-refractivity contribution in [3.8, 4) is 11.5 Å². The SMILES string of the molecule is O=C(NCC1COc2ccccc2O1)C1NNC2CCC([N+](=O)[O-])CC21. The van der Waals surface area contributed by atoms with E-state index in [9.17, 15) is 14.9 Å². The summed E-state index contributed by atoms with van der Waals surface area (Å²) in [7, 11) is 0. The Balaban J connectivity index is 1.32. The van der Waals surface area contributed by atoms with Crippen molar-refractivity contribution in [1.29, 1.82) is 0 Å². The second-order valence-electron chi connectivity index (χ2n) is 7.03. The maximum Gasteiger partial charge on any atom is 0.238 e. The van der Waals surface area contributed by atoms with Gasteiger partial charge in [0.25, 0.3) is 0 Å². The summed E-state index contributed by atoms with van der Waals surface area (Å²) in [5.41, 5.74) is 6.12. The van der Waals surface area contributed by atoms with Crippen LogP contribution in [-0.4, -0.2) is 48.2 Å². The van der Waals surface area contributed by atoms with Crippen molar-refractivity contribution in [2.24, 2.45) is 5.92 Å². The van der Waals surface area contributed by atoms with Gasteiger partial charge in [-0.1, -0.05) is 12.1 Å². The van der Waals surface area contributed by atoms with Crippen LogP contribution in [0.25, 0.3) is 0 Å². The van der Waals surface area contributed by atoms with Gasteiger partial charge in [-0.25, -0.2) is 5.43 Å². The molecule has 1 aromatic rings. The van der Waals surface area contributed by atoms with Crippen molar-refractivity contribution >= 4 is 5.91 Å². The van der Waals surface area contributed by atoms with Gasteiger partial charge in [0.2, 0.25) is 11.9 Å². The number of fused-ring (bicyclic) bond motifs is 2. The van der Waals surface area contributed by atoms with Crippen LogP contribution in [0, 0.1) is 16.0 Å². The van der Waals surface area contributed by atoms with E-state index in [0.29, 0.717) is 43.9 Å². The van der Waals surface area contributed by atoms with Crippen LogP contribution in [0.2, 0.25) is 0 Å². The van der Waals surface area contributed by atoms with Crippen LogP contribution in [0.4, 0.5) is 0 Å². The molecule has 26 heavy (non-hydrogen) atoms. The summed E-state index contributed by atoms with van der Waals surface area (Å²) in [6.07, 6.45) is 1.39. The Hall–Kier alpha value is -2.39. The van der Waals surface area contributed by atoms with Crippen molar-refractivity contribution in [1.82, 2.24) is 16.2 Å². The van der Waals surface area contributed by atoms with Crippen LogP contribution in [0.15, 0.2) is 24.3 Å². The minimum Gasteiger partial charge on any atom is -0.486 e. The Kier molecular flexibility index (Phi) is 4.64. The first-order chi connectivity index (χ1) is 12.6. The number of nitro groups is 1. The van der Waals surface area contributed by atoms with E-state index in [-0.39, 0.29) is 28.9 Å². The zero-order chi connectivity index (χ0) is 18.1. The van der Waals surface area contributed by atoms with Gasteiger partial charge in [0.1, 0.15) is 18.8 Å². The second-order valence-corrected chi connectivity index (χ2v) is 7.03. The predicted octanol–water partition coefficient (Wildman–Crippen LogP) is 0.233. The fraction of sp³-hybridized carbons (Fsp3) is 0.588. The molecular weight excluding hydrogens is 340 g/mol. The number of carbonyl (C=O) groups excluding carboxylic acids is 1. The lowest BCUT2D eigenvalue weighted by molar-refractivity contribution is -0.528. The number of hydrogen-bond donors (Lipinski definition) is 3. The number of ether oxygens (including phenoxy) is 2. The monoisotopic (exact) mass is 362 g/mol. The van der Waals surface area contributed by atoms with Gasteiger partial charge in [0, 0.05) is 29.7 Å². The highest BCUT2D eigenvalue weighted by Crippen LogP contribution is 2.32. The lowest BCUT2D eigenvalue weighted by atomic mass is 9.79. The number of benzene rings is 1. The van der Waals surface area contributed by atoms with E-state index >= 15 is 0 Å². The maximum atomic E-state index is 12.6. The maximum absolute atomic E-state index is 12.6. The van der Waals surface area contributed by atoms with Crippen LogP contribution in [0.1, 0.15) is 19.3 Å². The van der Waals surface area contributed by atoms with Gasteiger partial charge in [-0.15, -0.1) is 0 Å². The standard InChI is InChI=1S/C17H22N4O5/c22-17(16-12-7-10(21(23)24)5-6-13(12)19-20-16)18-8-11-9-25-14-3-1-2-4-15(14)26-11/h1-4,10-13,16,19-20H,5-9H2,(H,18,22). The third-order valence-electron chi connectivity index (χ3n) is 5.38. The highest BCUT2D eigenvalue weighted by Gasteiger charge is 2.46. The molecule has 2 fully saturated rings. The molecule has 9 heteroatoms. The molecule has 2 heterocycles. The first kappa shape index (κ1) is 17.0. The molecule has 1 saturated heterocycles. The van der Waals surface area contributed by atoms with E-state index in [2.05, 4.69) is 16.2 Å². The Morgan fingerprint density at radius 1 is 1.27 bits per heavy atom. The number of nitrogens with zero attached hydrogens (tertiary/aromatic N) is 1. The molecule has 0 spiro atoms. The molecule has 0 radical (unpaired) electrons. The van der Waals surface area contributed by atoms with Gasteiger partial charge in [0.15, 0.2) is 11.5 Å². The van der Waals surface area contributed by atoms with E-state index in [1.54, 1.807) is 0 Å². The van der Waals surface area contributed by atoms with Crippen molar-refractivity contribution in [2.75, 3.05) is 13.2 Å². The first-order valence-corrected chi connectivity index (χ1v) is 8.92. The van der Waals surface area contributed by atoms with Gasteiger partial charge in [-0.2, -0.15) is 0 Å². The van der Waals surface area contributed by atoms with Gasteiger partial charge in [-0.3, -0.25) is 20.3 Å². The molecule has 1 aromatic carbocycles. The molecule has 140 valence electrons. The molecule has 5 atom stereocenters. The number of para-hydroxylation sites is 2. The molecule has 3 aliphatic rings. The largest absolute Gasteiger partial charge is 0.486 e. The zero-order valence-electron chi connectivity index (χ0n) is 14.2. The minimum atomic E-state index is -0.570. The van der Waals surface area contributed by atoms with E-state index in [1.165, 1.54) is 0 Å². The fourth-order valence-electron chi connectivity index (χ4n) is 3.97. The molecule has 0 bridgehead atoms. The summed E-state index contributed by atoms with van der Waals surface area (Å²) in [6.45, 7) is 0.685. The Labute approximate surface area is 150 Å². The molecule has 9 nitrogen and oxygen atoms in total. The van der Waals surface area contributed by atoms with Gasteiger partial charge < -0.3 is 14.8 Å². The third kappa shape index (κ3) is 3.32. The minimum absolute atomic E-state index is 0.0802. The summed E-state index contributed by atoms with van der Waals surface area (Å²) in [4.78, 5) is 23.4. The Morgan fingerprint density at radius 3 is 2.88 bits per heavy atom. The van der Waals surface area contributed by atoms with Crippen LogP contribution >= 0.6 is 0 Å². The molecule has 2 aliphatic heterocycles. The summed E-state index contributed by atoms with van der Waals surface area (Å²) >= 11 is 0. The molecule has 4 rings (SSSR count). The number of rotatable bonds is 4. The van der Waals surface area contributed by atoms with Crippen LogP contribution < -0.4 is 25.6 Å². The number of hydrazine groups is 1. The van der Waals surface area contributed by atoms with E-state index in [4.69, 9.17) is 9.47 Å². The molecule has 1 amide bonds. The highest BCUT2D eigenvalue weighted by molar-refractivity contribution is 5.82. The summed E-state index contributed by atoms with van der Waals surface area (Å²) in [6, 6.07) is 6.47. The van der Waals surface area contributed by atoms with Crippen LogP contribution in [-0.2, 0) is 4.79 Å². The van der Waals surface area contributed by atoms with Crippen molar-refractivity contribution in [3.05, 3.63) is 34.4 Å². The normalized spacial score (nSPS) is 32.5. The highest BCUT2D eigenvalue weighted by atomic mass is 16.6. The Morgan fingerprint density at radius 2 is 2.08 bits per heavy atom. The van der Waals surface area contributed by atoms with E-state index in [0.717, 1.165) is 0 Å². The molecule has 1 saturated carbocycles. The van der Waals surface area contributed by atoms with Gasteiger partial charge in [0.05, 0.1) is 6.54 Å². The molecule has 1 aliphatic carbocycles. The average molecular weight is 362 g/mol. The van der Waals surface area contributed by atoms with E-state index in [1.807, 2.05) is 24.3 Å². The predicted molar refractivity (Wildman–Crippen MR) is 91.3 cm³/mol. The summed E-state index contributed by atoms with van der Waals surface area (Å²) in [5, 5.41) is 14.0. The quantitative estimate of drug-likeness (QED) is 0.519.